The van der Waals surface area contributed by atoms with Crippen molar-refractivity contribution >= 4 is 40.2 Å². The van der Waals surface area contributed by atoms with Gasteiger partial charge < -0.3 is 15.0 Å². The molecule has 0 aromatic heterocycles. The van der Waals surface area contributed by atoms with Crippen LogP contribution in [0.3, 0.4) is 0 Å². The number of carbonyl (C=O) groups is 1. The average Bonchev–Trinajstić information content (AvgIpc) is 2.43. The molecule has 1 aromatic carbocycles. The van der Waals surface area contributed by atoms with Gasteiger partial charge in [-0.2, -0.15) is 0 Å². The van der Waals surface area contributed by atoms with Crippen LogP contribution in [-0.2, 0) is 21.6 Å². The van der Waals surface area contributed by atoms with Gasteiger partial charge >= 0.3 is 0 Å². The predicted molar refractivity (Wildman–Crippen MR) is 79.3 cm³/mol. The number of carbonyl (C=O) groups excluding carboxylic acids is 1. The van der Waals surface area contributed by atoms with E-state index in [1.165, 1.54) is 24.3 Å². The maximum atomic E-state index is 12.9. The zero-order valence-electron chi connectivity index (χ0n) is 10.7. The van der Waals surface area contributed by atoms with Crippen LogP contribution in [0.5, 0.6) is 0 Å². The summed E-state index contributed by atoms with van der Waals surface area (Å²) in [5, 5.41) is 12.2. The maximum Gasteiger partial charge on any atom is 0.253 e. The molecular formula is C12H14Cl2FNO4S. The minimum atomic E-state index is -1.97. The molecule has 0 saturated carbocycles. The van der Waals surface area contributed by atoms with Gasteiger partial charge in [-0.15, -0.1) is 0 Å². The van der Waals surface area contributed by atoms with Crippen molar-refractivity contribution in [2.24, 2.45) is 0 Å². The van der Waals surface area contributed by atoms with E-state index in [4.69, 9.17) is 27.8 Å². The quantitative estimate of drug-likeness (QED) is 0.512. The third kappa shape index (κ3) is 5.88. The first-order valence-electron chi connectivity index (χ1n) is 5.84. The minimum Gasteiger partial charge on any atom is -0.386 e. The number of aliphatic hydroxyl groups is 1. The molecule has 3 atom stereocenters. The number of nitrogens with one attached hydrogen (secondary N) is 1. The normalized spacial score (nSPS) is 15.5. The van der Waals surface area contributed by atoms with Crippen molar-refractivity contribution < 1.29 is 23.1 Å². The van der Waals surface area contributed by atoms with Crippen LogP contribution >= 0.6 is 23.2 Å². The molecule has 9 heteroatoms. The van der Waals surface area contributed by atoms with Crippen LogP contribution in [0.2, 0.25) is 0 Å². The van der Waals surface area contributed by atoms with Crippen LogP contribution in [0.4, 0.5) is 4.39 Å². The highest BCUT2D eigenvalue weighted by Crippen LogP contribution is 2.19. The van der Waals surface area contributed by atoms with E-state index in [0.717, 1.165) is 0 Å². The lowest BCUT2D eigenvalue weighted by Gasteiger charge is -2.22. The molecule has 21 heavy (non-hydrogen) atoms. The van der Waals surface area contributed by atoms with E-state index in [0.29, 0.717) is 11.1 Å². The summed E-state index contributed by atoms with van der Waals surface area (Å²) in [6, 6.07) is 4.86. The second-order valence-corrected chi connectivity index (χ2v) is 6.25. The zero-order chi connectivity index (χ0) is 16.0. The largest absolute Gasteiger partial charge is 0.386 e. The molecule has 0 saturated heterocycles. The second-order valence-electron chi connectivity index (χ2n) is 4.22. The Hall–Kier alpha value is -0.730. The van der Waals surface area contributed by atoms with Gasteiger partial charge in [-0.3, -0.25) is 4.79 Å². The molecule has 1 rings (SSSR count). The molecule has 0 fully saturated rings. The van der Waals surface area contributed by atoms with E-state index in [2.05, 4.69) is 5.32 Å². The van der Waals surface area contributed by atoms with Gasteiger partial charge in [0.1, 0.15) is 12.8 Å². The summed E-state index contributed by atoms with van der Waals surface area (Å²) in [7, 11) is 0. The van der Waals surface area contributed by atoms with Gasteiger partial charge in [-0.1, -0.05) is 47.5 Å². The Kier molecular flexibility index (Phi) is 7.55. The summed E-state index contributed by atoms with van der Waals surface area (Å²) in [4.78, 5) is 9.96. The highest BCUT2D eigenvalue weighted by atomic mass is 35.5. The molecule has 1 aromatic rings. The molecule has 3 N–H and O–H groups in total. The van der Waals surface area contributed by atoms with E-state index in [1.54, 1.807) is 0 Å². The fraction of sp³-hybridized carbons (Fsp3) is 0.417. The number of hydrogen-bond donors (Lipinski definition) is 3. The standard InChI is InChI=1S/C12H14Cl2FNO4S/c13-11(14)12(18)16-9(5-15)10(17)8-3-1-7(2-4-8)6-21(19)20/h1-4,9-11,17H,5-6H2,(H,16,18)(H,19,20)/t9-,10-/m1/s1. The van der Waals surface area contributed by atoms with Crippen molar-refractivity contribution in [3.05, 3.63) is 35.4 Å². The molecule has 0 radical (unpaired) electrons. The van der Waals surface area contributed by atoms with Crippen LogP contribution in [-0.4, -0.2) is 37.3 Å². The lowest BCUT2D eigenvalue weighted by Crippen LogP contribution is -2.43. The molecule has 0 aliphatic rings. The van der Waals surface area contributed by atoms with Gasteiger partial charge in [-0.05, 0) is 11.1 Å². The fourth-order valence-corrected chi connectivity index (χ4v) is 2.24. The van der Waals surface area contributed by atoms with E-state index in [-0.39, 0.29) is 5.75 Å². The van der Waals surface area contributed by atoms with Gasteiger partial charge in [0.15, 0.2) is 15.9 Å². The van der Waals surface area contributed by atoms with E-state index in [1.807, 2.05) is 0 Å². The Bertz CT molecular complexity index is 501. The van der Waals surface area contributed by atoms with Gasteiger partial charge in [0.05, 0.1) is 11.8 Å². The Morgan fingerprint density at radius 3 is 2.33 bits per heavy atom. The molecule has 0 heterocycles. The summed E-state index contributed by atoms with van der Waals surface area (Å²) < 4.78 is 32.4. The summed E-state index contributed by atoms with van der Waals surface area (Å²) in [5.41, 5.74) is 0.945. The number of hydrogen-bond acceptors (Lipinski definition) is 3. The summed E-state index contributed by atoms with van der Waals surface area (Å²) in [6.45, 7) is -1.00. The third-order valence-electron chi connectivity index (χ3n) is 2.68. The van der Waals surface area contributed by atoms with Crippen LogP contribution in [0, 0.1) is 0 Å². The van der Waals surface area contributed by atoms with Crippen LogP contribution in [0.1, 0.15) is 17.2 Å². The molecule has 118 valence electrons. The Labute approximate surface area is 133 Å². The summed E-state index contributed by atoms with van der Waals surface area (Å²) >= 11 is 8.73. The molecule has 0 bridgehead atoms. The number of halogens is 3. The molecule has 1 unspecified atom stereocenters. The monoisotopic (exact) mass is 357 g/mol. The van der Waals surface area contributed by atoms with Gasteiger partial charge in [-0.25, -0.2) is 8.60 Å². The number of benzene rings is 1. The number of rotatable bonds is 7. The van der Waals surface area contributed by atoms with Crippen molar-refractivity contribution in [3.63, 3.8) is 0 Å². The SMILES string of the molecule is O=C(N[C@H](CF)[C@H](O)c1ccc(CS(=O)O)cc1)C(Cl)Cl. The van der Waals surface area contributed by atoms with E-state index in [9.17, 15) is 18.5 Å². The van der Waals surface area contributed by atoms with Crippen molar-refractivity contribution in [1.82, 2.24) is 5.32 Å². The van der Waals surface area contributed by atoms with Crippen molar-refractivity contribution in [3.8, 4) is 0 Å². The summed E-state index contributed by atoms with van der Waals surface area (Å²) in [5.74, 6) is -0.841. The molecule has 0 aliphatic carbocycles. The molecule has 0 spiro atoms. The van der Waals surface area contributed by atoms with Gasteiger partial charge in [0.2, 0.25) is 0 Å². The Balaban J connectivity index is 2.77. The van der Waals surface area contributed by atoms with Gasteiger partial charge in [0.25, 0.3) is 5.91 Å². The number of alkyl halides is 3. The number of amides is 1. The topological polar surface area (TPSA) is 86.6 Å². The smallest absolute Gasteiger partial charge is 0.253 e. The van der Waals surface area contributed by atoms with Crippen molar-refractivity contribution in [1.29, 1.82) is 0 Å². The Morgan fingerprint density at radius 2 is 1.90 bits per heavy atom. The second kappa shape index (κ2) is 8.65. The van der Waals surface area contributed by atoms with Crippen LogP contribution in [0.15, 0.2) is 24.3 Å². The van der Waals surface area contributed by atoms with Crippen LogP contribution < -0.4 is 5.32 Å². The first-order valence-corrected chi connectivity index (χ1v) is 7.99. The lowest BCUT2D eigenvalue weighted by atomic mass is 10.0. The maximum absolute atomic E-state index is 12.9. The van der Waals surface area contributed by atoms with E-state index >= 15 is 0 Å². The fourth-order valence-electron chi connectivity index (χ4n) is 1.63. The molecule has 0 aliphatic heterocycles. The molecule has 1 amide bonds. The van der Waals surface area contributed by atoms with Crippen molar-refractivity contribution in [2.75, 3.05) is 6.67 Å². The lowest BCUT2D eigenvalue weighted by molar-refractivity contribution is -0.121. The predicted octanol–water partition coefficient (Wildman–Crippen LogP) is 1.70. The minimum absolute atomic E-state index is 0.0418. The van der Waals surface area contributed by atoms with Crippen molar-refractivity contribution in [2.45, 2.75) is 22.7 Å². The first-order chi connectivity index (χ1) is 9.85. The molecule has 5 nitrogen and oxygen atoms in total. The highest BCUT2D eigenvalue weighted by molar-refractivity contribution is 7.78. The van der Waals surface area contributed by atoms with Gasteiger partial charge in [0, 0.05) is 0 Å². The van der Waals surface area contributed by atoms with Crippen LogP contribution in [0.25, 0.3) is 0 Å². The summed E-state index contributed by atoms with van der Waals surface area (Å²) in [6.07, 6.45) is -1.29. The van der Waals surface area contributed by atoms with E-state index < -0.39 is 40.6 Å². The highest BCUT2D eigenvalue weighted by Gasteiger charge is 2.25. The zero-order valence-corrected chi connectivity index (χ0v) is 13.0. The third-order valence-corrected chi connectivity index (χ3v) is 3.66. The average molecular weight is 358 g/mol. The number of aliphatic hydroxyl groups excluding tert-OH is 1. The Morgan fingerprint density at radius 1 is 1.33 bits per heavy atom. The molecular weight excluding hydrogens is 344 g/mol. The first kappa shape index (κ1) is 18.3.